The molecule has 1 aliphatic heterocycles. The molecule has 0 radical (unpaired) electrons. The average molecular weight is 373 g/mol. The summed E-state index contributed by atoms with van der Waals surface area (Å²) in [5, 5.41) is 0. The minimum Gasteiger partial charge on any atom is -0.444 e. The molecule has 1 aromatic carbocycles. The molecule has 0 aromatic heterocycles. The summed E-state index contributed by atoms with van der Waals surface area (Å²) in [6.45, 7) is 7.74. The first-order valence-electron chi connectivity index (χ1n) is 7.37. The summed E-state index contributed by atoms with van der Waals surface area (Å²) in [6.07, 6.45) is -0.271. The highest BCUT2D eigenvalue weighted by Gasteiger charge is 2.26. The number of carbonyl (C=O) groups excluding carboxylic acids is 1. The van der Waals surface area contributed by atoms with Crippen molar-refractivity contribution in [1.29, 1.82) is 0 Å². The predicted molar refractivity (Wildman–Crippen MR) is 89.0 cm³/mol. The molecule has 4 nitrogen and oxygen atoms in total. The van der Waals surface area contributed by atoms with Crippen LogP contribution in [0.3, 0.4) is 0 Å². The van der Waals surface area contributed by atoms with Crippen LogP contribution in [0.2, 0.25) is 0 Å². The number of hydrogen-bond acceptors (Lipinski definition) is 3. The fourth-order valence-corrected chi connectivity index (χ4v) is 2.69. The number of hydrogen-bond donors (Lipinski definition) is 0. The number of alkyl halides is 1. The second kappa shape index (κ2) is 6.86. The van der Waals surface area contributed by atoms with Gasteiger partial charge in [0.1, 0.15) is 12.3 Å². The van der Waals surface area contributed by atoms with Crippen LogP contribution in [0.5, 0.6) is 0 Å². The molecule has 0 bridgehead atoms. The van der Waals surface area contributed by atoms with Gasteiger partial charge in [0.15, 0.2) is 0 Å². The van der Waals surface area contributed by atoms with Crippen LogP contribution in [-0.2, 0) is 11.4 Å². The molecule has 22 heavy (non-hydrogen) atoms. The van der Waals surface area contributed by atoms with Crippen LogP contribution in [0.25, 0.3) is 0 Å². The summed E-state index contributed by atoms with van der Waals surface area (Å²) in [5.41, 5.74) is 1.16. The van der Waals surface area contributed by atoms with E-state index < -0.39 is 12.3 Å². The second-order valence-electron chi connectivity index (χ2n) is 6.36. The molecule has 0 spiro atoms. The summed E-state index contributed by atoms with van der Waals surface area (Å²) in [6, 6.07) is 5.68. The molecular formula is C16H22BrFN2O2. The Kier molecular flexibility index (Phi) is 5.32. The number of anilines is 1. The van der Waals surface area contributed by atoms with Crippen LogP contribution in [0, 0.1) is 0 Å². The Labute approximate surface area is 139 Å². The van der Waals surface area contributed by atoms with Crippen LogP contribution in [0.4, 0.5) is 14.9 Å². The van der Waals surface area contributed by atoms with Crippen molar-refractivity contribution in [3.05, 3.63) is 28.2 Å². The molecule has 1 fully saturated rings. The Balaban J connectivity index is 1.96. The van der Waals surface area contributed by atoms with Gasteiger partial charge in [-0.3, -0.25) is 0 Å². The molecule has 0 aliphatic carbocycles. The Bertz CT molecular complexity index is 537. The zero-order valence-corrected chi connectivity index (χ0v) is 14.8. The van der Waals surface area contributed by atoms with E-state index >= 15 is 0 Å². The first-order valence-corrected chi connectivity index (χ1v) is 8.17. The smallest absolute Gasteiger partial charge is 0.410 e. The van der Waals surface area contributed by atoms with Crippen molar-refractivity contribution in [3.8, 4) is 0 Å². The first-order chi connectivity index (χ1) is 10.3. The standard InChI is InChI=1S/C16H22BrFN2O2/c1-16(2,3)22-15(21)20-8-6-19(7-9-20)13-4-5-14(17)12(10-13)11-18/h4-5,10H,6-9,11H2,1-3H3. The maximum Gasteiger partial charge on any atom is 0.410 e. The molecule has 1 aliphatic rings. The van der Waals surface area contributed by atoms with Crippen LogP contribution < -0.4 is 4.90 Å². The highest BCUT2D eigenvalue weighted by molar-refractivity contribution is 9.10. The summed E-state index contributed by atoms with van der Waals surface area (Å²) < 4.78 is 19.1. The Morgan fingerprint density at radius 1 is 1.27 bits per heavy atom. The number of piperazine rings is 1. The van der Waals surface area contributed by atoms with Crippen LogP contribution in [0.1, 0.15) is 26.3 Å². The van der Waals surface area contributed by atoms with Gasteiger partial charge in [-0.05, 0) is 44.5 Å². The lowest BCUT2D eigenvalue weighted by Gasteiger charge is -2.36. The van der Waals surface area contributed by atoms with Crippen molar-refractivity contribution in [2.45, 2.75) is 33.0 Å². The average Bonchev–Trinajstić information content (AvgIpc) is 2.46. The molecule has 1 heterocycles. The predicted octanol–water partition coefficient (Wildman–Crippen LogP) is 3.98. The Morgan fingerprint density at radius 3 is 2.45 bits per heavy atom. The molecule has 1 saturated heterocycles. The molecule has 0 unspecified atom stereocenters. The van der Waals surface area contributed by atoms with Gasteiger partial charge in [0, 0.05) is 36.3 Å². The number of ether oxygens (including phenoxy) is 1. The number of carbonyl (C=O) groups is 1. The Hall–Kier alpha value is -1.30. The third-order valence-corrected chi connectivity index (χ3v) is 4.24. The van der Waals surface area contributed by atoms with E-state index in [1.807, 2.05) is 39.0 Å². The van der Waals surface area contributed by atoms with E-state index in [-0.39, 0.29) is 6.09 Å². The third kappa shape index (κ3) is 4.35. The highest BCUT2D eigenvalue weighted by atomic mass is 79.9. The van der Waals surface area contributed by atoms with Crippen LogP contribution in [-0.4, -0.2) is 42.8 Å². The summed E-state index contributed by atoms with van der Waals surface area (Å²) >= 11 is 3.34. The highest BCUT2D eigenvalue weighted by Crippen LogP contribution is 2.25. The van der Waals surface area contributed by atoms with Gasteiger partial charge in [0.05, 0.1) is 0 Å². The number of benzene rings is 1. The van der Waals surface area contributed by atoms with Gasteiger partial charge < -0.3 is 14.5 Å². The molecule has 122 valence electrons. The molecule has 0 saturated carbocycles. The summed E-state index contributed by atoms with van der Waals surface area (Å²) in [4.78, 5) is 15.9. The van der Waals surface area contributed by atoms with E-state index in [0.29, 0.717) is 31.7 Å². The van der Waals surface area contributed by atoms with Crippen molar-refractivity contribution < 1.29 is 13.9 Å². The lowest BCUT2D eigenvalue weighted by molar-refractivity contribution is 0.0240. The van der Waals surface area contributed by atoms with Crippen LogP contribution in [0.15, 0.2) is 22.7 Å². The number of rotatable bonds is 2. The zero-order chi connectivity index (χ0) is 16.3. The second-order valence-corrected chi connectivity index (χ2v) is 7.22. The SMILES string of the molecule is CC(C)(C)OC(=O)N1CCN(c2ccc(Br)c(CF)c2)CC1. The molecule has 2 rings (SSSR count). The molecule has 1 aromatic rings. The quantitative estimate of drug-likeness (QED) is 0.786. The van der Waals surface area contributed by atoms with Gasteiger partial charge in [0.25, 0.3) is 0 Å². The van der Waals surface area contributed by atoms with Gasteiger partial charge in [-0.2, -0.15) is 0 Å². The van der Waals surface area contributed by atoms with Crippen LogP contribution >= 0.6 is 15.9 Å². The van der Waals surface area contributed by atoms with E-state index in [2.05, 4.69) is 20.8 Å². The van der Waals surface area contributed by atoms with Crippen molar-refractivity contribution in [2.24, 2.45) is 0 Å². The van der Waals surface area contributed by atoms with Gasteiger partial charge in [-0.15, -0.1) is 0 Å². The van der Waals surface area contributed by atoms with E-state index in [9.17, 15) is 9.18 Å². The number of nitrogens with zero attached hydrogens (tertiary/aromatic N) is 2. The van der Waals surface area contributed by atoms with E-state index in [0.717, 1.165) is 10.2 Å². The monoisotopic (exact) mass is 372 g/mol. The summed E-state index contributed by atoms with van der Waals surface area (Å²) in [5.74, 6) is 0. The number of amides is 1. The van der Waals surface area contributed by atoms with Gasteiger partial charge >= 0.3 is 6.09 Å². The minimum absolute atomic E-state index is 0.271. The first kappa shape index (κ1) is 17.1. The van der Waals surface area contributed by atoms with Gasteiger partial charge in [-0.1, -0.05) is 15.9 Å². The third-order valence-electron chi connectivity index (χ3n) is 3.47. The summed E-state index contributed by atoms with van der Waals surface area (Å²) in [7, 11) is 0. The van der Waals surface area contributed by atoms with Crippen molar-refractivity contribution in [1.82, 2.24) is 4.90 Å². The topological polar surface area (TPSA) is 32.8 Å². The molecule has 0 atom stereocenters. The lowest BCUT2D eigenvalue weighted by Crippen LogP contribution is -2.50. The zero-order valence-electron chi connectivity index (χ0n) is 13.2. The van der Waals surface area contributed by atoms with E-state index in [1.165, 1.54) is 0 Å². The largest absolute Gasteiger partial charge is 0.444 e. The molecule has 1 amide bonds. The van der Waals surface area contributed by atoms with Crippen molar-refractivity contribution >= 4 is 27.7 Å². The van der Waals surface area contributed by atoms with Crippen molar-refractivity contribution in [3.63, 3.8) is 0 Å². The normalized spacial score (nSPS) is 15.9. The fourth-order valence-electron chi connectivity index (χ4n) is 2.33. The molecule has 0 N–H and O–H groups in total. The number of halogens is 2. The maximum atomic E-state index is 12.9. The molecular weight excluding hydrogens is 351 g/mol. The minimum atomic E-state index is -0.494. The van der Waals surface area contributed by atoms with E-state index in [1.54, 1.807) is 4.90 Å². The maximum absolute atomic E-state index is 12.9. The lowest BCUT2D eigenvalue weighted by atomic mass is 10.2. The van der Waals surface area contributed by atoms with Crippen molar-refractivity contribution in [2.75, 3.05) is 31.1 Å². The van der Waals surface area contributed by atoms with Gasteiger partial charge in [0.2, 0.25) is 0 Å². The Morgan fingerprint density at radius 2 is 1.91 bits per heavy atom. The molecule has 6 heteroatoms. The van der Waals surface area contributed by atoms with E-state index in [4.69, 9.17) is 4.74 Å². The van der Waals surface area contributed by atoms with Gasteiger partial charge in [-0.25, -0.2) is 9.18 Å². The fraction of sp³-hybridized carbons (Fsp3) is 0.562.